The van der Waals surface area contributed by atoms with Crippen molar-refractivity contribution in [1.82, 2.24) is 0 Å². The molecule has 2 aromatic rings. The van der Waals surface area contributed by atoms with Gasteiger partial charge in [0, 0.05) is 17.2 Å². The molecule has 0 unspecified atom stereocenters. The fourth-order valence-electron chi connectivity index (χ4n) is 3.40. The van der Waals surface area contributed by atoms with Crippen LogP contribution in [-0.2, 0) is 11.2 Å². The summed E-state index contributed by atoms with van der Waals surface area (Å²) in [6, 6.07) is 5.77. The zero-order valence-corrected chi connectivity index (χ0v) is 17.5. The van der Waals surface area contributed by atoms with Gasteiger partial charge in [-0.15, -0.1) is 0 Å². The first-order valence-corrected chi connectivity index (χ1v) is 10.2. The number of rotatable bonds is 11. The maximum atomic E-state index is 12.4. The minimum atomic E-state index is -0.304. The smallest absolute Gasteiger partial charge is 0.311 e. The highest BCUT2D eigenvalue weighted by Gasteiger charge is 2.24. The standard InChI is InChI=1S/C23H32O5/c1-5-7-8-9-10-12-19(24)28-21-17-14-13-16(11-6-2)15-18(17)20(25)22(26-3)23(21)27-4/h13-15,25H,5-12H2,1-4H3. The summed E-state index contributed by atoms with van der Waals surface area (Å²) in [5.41, 5.74) is 1.10. The molecule has 0 atom stereocenters. The van der Waals surface area contributed by atoms with Crippen molar-refractivity contribution in [1.29, 1.82) is 0 Å². The van der Waals surface area contributed by atoms with E-state index in [1.807, 2.05) is 18.2 Å². The van der Waals surface area contributed by atoms with Crippen LogP contribution in [0.4, 0.5) is 0 Å². The number of unbranched alkanes of at least 4 members (excludes halogenated alkanes) is 4. The van der Waals surface area contributed by atoms with E-state index in [1.165, 1.54) is 27.1 Å². The third-order valence-electron chi connectivity index (χ3n) is 4.86. The largest absolute Gasteiger partial charge is 0.504 e. The second kappa shape index (κ2) is 10.8. The number of carbonyl (C=O) groups excluding carboxylic acids is 1. The fraction of sp³-hybridized carbons (Fsp3) is 0.522. The van der Waals surface area contributed by atoms with Gasteiger partial charge in [-0.05, 0) is 24.5 Å². The molecule has 154 valence electrons. The first-order valence-electron chi connectivity index (χ1n) is 10.2. The van der Waals surface area contributed by atoms with Gasteiger partial charge in [0.15, 0.2) is 11.5 Å². The van der Waals surface area contributed by atoms with Gasteiger partial charge < -0.3 is 19.3 Å². The highest BCUT2D eigenvalue weighted by molar-refractivity contribution is 6.00. The predicted octanol–water partition coefficient (Wildman–Crippen LogP) is 5.78. The summed E-state index contributed by atoms with van der Waals surface area (Å²) in [5.74, 6) is 0.395. The van der Waals surface area contributed by atoms with Gasteiger partial charge in [-0.25, -0.2) is 0 Å². The van der Waals surface area contributed by atoms with Crippen LogP contribution in [0.1, 0.15) is 64.4 Å². The number of benzene rings is 2. The summed E-state index contributed by atoms with van der Waals surface area (Å²) in [5, 5.41) is 11.9. The molecule has 0 spiro atoms. The Morgan fingerprint density at radius 1 is 0.893 bits per heavy atom. The highest BCUT2D eigenvalue weighted by atomic mass is 16.6. The van der Waals surface area contributed by atoms with Crippen molar-refractivity contribution in [2.24, 2.45) is 0 Å². The Morgan fingerprint density at radius 3 is 2.25 bits per heavy atom. The van der Waals surface area contributed by atoms with Gasteiger partial charge in [-0.2, -0.15) is 0 Å². The van der Waals surface area contributed by atoms with E-state index in [2.05, 4.69) is 13.8 Å². The summed E-state index contributed by atoms with van der Waals surface area (Å²) in [4.78, 5) is 12.4. The molecule has 2 aromatic carbocycles. The van der Waals surface area contributed by atoms with Crippen molar-refractivity contribution in [3.05, 3.63) is 23.8 Å². The average molecular weight is 389 g/mol. The number of methoxy groups -OCH3 is 2. The lowest BCUT2D eigenvalue weighted by molar-refractivity contribution is -0.134. The van der Waals surface area contributed by atoms with E-state index >= 15 is 0 Å². The molecule has 28 heavy (non-hydrogen) atoms. The molecule has 0 aliphatic rings. The van der Waals surface area contributed by atoms with E-state index in [1.54, 1.807) is 0 Å². The van der Waals surface area contributed by atoms with E-state index in [-0.39, 0.29) is 23.2 Å². The zero-order chi connectivity index (χ0) is 20.5. The molecule has 0 heterocycles. The molecule has 5 heteroatoms. The molecule has 0 bridgehead atoms. The van der Waals surface area contributed by atoms with Crippen molar-refractivity contribution in [2.75, 3.05) is 14.2 Å². The first-order chi connectivity index (χ1) is 13.6. The molecule has 1 N–H and O–H groups in total. The summed E-state index contributed by atoms with van der Waals surface area (Å²) >= 11 is 0. The molecular weight excluding hydrogens is 356 g/mol. The Labute approximate surface area is 167 Å². The van der Waals surface area contributed by atoms with Crippen LogP contribution in [0, 0.1) is 0 Å². The lowest BCUT2D eigenvalue weighted by atomic mass is 10.0. The van der Waals surface area contributed by atoms with Crippen LogP contribution >= 0.6 is 0 Å². The van der Waals surface area contributed by atoms with Gasteiger partial charge in [0.05, 0.1) is 14.2 Å². The van der Waals surface area contributed by atoms with Crippen molar-refractivity contribution < 1.29 is 24.1 Å². The minimum absolute atomic E-state index is 0.00772. The Hall–Kier alpha value is -2.43. The van der Waals surface area contributed by atoms with Crippen LogP contribution in [0.25, 0.3) is 10.8 Å². The summed E-state index contributed by atoms with van der Waals surface area (Å²) < 4.78 is 16.5. The Balaban J connectivity index is 2.36. The maximum Gasteiger partial charge on any atom is 0.311 e. The summed E-state index contributed by atoms with van der Waals surface area (Å²) in [6.45, 7) is 4.27. The van der Waals surface area contributed by atoms with Gasteiger partial charge in [-0.3, -0.25) is 4.79 Å². The van der Waals surface area contributed by atoms with Gasteiger partial charge in [-0.1, -0.05) is 58.1 Å². The van der Waals surface area contributed by atoms with Crippen LogP contribution in [-0.4, -0.2) is 25.3 Å². The van der Waals surface area contributed by atoms with Crippen molar-refractivity contribution in [2.45, 2.75) is 65.2 Å². The number of carbonyl (C=O) groups is 1. The van der Waals surface area contributed by atoms with Gasteiger partial charge in [0.25, 0.3) is 0 Å². The molecule has 2 rings (SSSR count). The second-order valence-corrected chi connectivity index (χ2v) is 7.01. The Morgan fingerprint density at radius 2 is 1.61 bits per heavy atom. The third-order valence-corrected chi connectivity index (χ3v) is 4.86. The summed E-state index contributed by atoms with van der Waals surface area (Å²) in [6.07, 6.45) is 7.55. The molecular formula is C23H32O5. The van der Waals surface area contributed by atoms with E-state index in [0.29, 0.717) is 22.9 Å². The van der Waals surface area contributed by atoms with E-state index < -0.39 is 0 Å². The molecule has 0 radical (unpaired) electrons. The zero-order valence-electron chi connectivity index (χ0n) is 17.5. The molecule has 5 nitrogen and oxygen atoms in total. The highest BCUT2D eigenvalue weighted by Crippen LogP contribution is 2.50. The third kappa shape index (κ3) is 5.09. The van der Waals surface area contributed by atoms with E-state index in [0.717, 1.165) is 37.7 Å². The quantitative estimate of drug-likeness (QED) is 0.300. The number of aryl methyl sites for hydroxylation is 1. The molecule has 0 aromatic heterocycles. The number of aromatic hydroxyl groups is 1. The lowest BCUT2D eigenvalue weighted by Crippen LogP contribution is -2.09. The predicted molar refractivity (Wildman–Crippen MR) is 112 cm³/mol. The molecule has 0 saturated carbocycles. The SMILES string of the molecule is CCCCCCCC(=O)Oc1c(OC)c(OC)c(O)c2cc(CCC)ccc12. The Kier molecular flexibility index (Phi) is 8.42. The van der Waals surface area contributed by atoms with Gasteiger partial charge in [0.1, 0.15) is 0 Å². The molecule has 0 aliphatic heterocycles. The van der Waals surface area contributed by atoms with E-state index in [4.69, 9.17) is 14.2 Å². The number of esters is 1. The van der Waals surface area contributed by atoms with Gasteiger partial charge in [0.2, 0.25) is 11.5 Å². The normalized spacial score (nSPS) is 10.9. The fourth-order valence-corrected chi connectivity index (χ4v) is 3.40. The van der Waals surface area contributed by atoms with Crippen LogP contribution in [0.5, 0.6) is 23.0 Å². The number of ether oxygens (including phenoxy) is 3. The van der Waals surface area contributed by atoms with Crippen LogP contribution < -0.4 is 14.2 Å². The number of fused-ring (bicyclic) bond motifs is 1. The number of hydrogen-bond donors (Lipinski definition) is 1. The van der Waals surface area contributed by atoms with Gasteiger partial charge >= 0.3 is 5.97 Å². The number of phenols is 1. The second-order valence-electron chi connectivity index (χ2n) is 7.01. The van der Waals surface area contributed by atoms with Crippen LogP contribution in [0.15, 0.2) is 18.2 Å². The molecule has 0 saturated heterocycles. The summed E-state index contributed by atoms with van der Waals surface area (Å²) in [7, 11) is 2.93. The molecule has 0 aliphatic carbocycles. The van der Waals surface area contributed by atoms with Crippen molar-refractivity contribution >= 4 is 16.7 Å². The first kappa shape index (κ1) is 21.9. The lowest BCUT2D eigenvalue weighted by Gasteiger charge is -2.18. The minimum Gasteiger partial charge on any atom is -0.504 e. The number of hydrogen-bond acceptors (Lipinski definition) is 5. The van der Waals surface area contributed by atoms with Crippen LogP contribution in [0.3, 0.4) is 0 Å². The number of phenolic OH excluding ortho intramolecular Hbond substituents is 1. The Bertz CT molecular complexity index is 797. The monoisotopic (exact) mass is 388 g/mol. The maximum absolute atomic E-state index is 12.4. The van der Waals surface area contributed by atoms with Crippen molar-refractivity contribution in [3.8, 4) is 23.0 Å². The topological polar surface area (TPSA) is 65.0 Å². The van der Waals surface area contributed by atoms with E-state index in [9.17, 15) is 9.90 Å². The van der Waals surface area contributed by atoms with Crippen molar-refractivity contribution in [3.63, 3.8) is 0 Å². The average Bonchev–Trinajstić information content (AvgIpc) is 2.70. The van der Waals surface area contributed by atoms with Crippen LogP contribution in [0.2, 0.25) is 0 Å². The molecule has 0 amide bonds. The molecule has 0 fully saturated rings.